The Hall–Kier alpha value is -1.10. The molecule has 0 radical (unpaired) electrons. The Morgan fingerprint density at radius 3 is 3.00 bits per heavy atom. The second-order valence-corrected chi connectivity index (χ2v) is 2.25. The second kappa shape index (κ2) is 2.45. The highest BCUT2D eigenvalue weighted by Gasteiger charge is 1.97. The van der Waals surface area contributed by atoms with Gasteiger partial charge in [-0.15, -0.1) is 11.3 Å². The Labute approximate surface area is 56.2 Å². The van der Waals surface area contributed by atoms with E-state index in [1.807, 2.05) is 5.38 Å². The Balaban J connectivity index is 2.90. The third-order valence-corrected chi connectivity index (χ3v) is 1.59. The van der Waals surface area contributed by atoms with E-state index in [2.05, 4.69) is 10.1 Å². The van der Waals surface area contributed by atoms with Crippen LogP contribution in [-0.2, 0) is 0 Å². The summed E-state index contributed by atoms with van der Waals surface area (Å²) in [6.45, 7) is 0. The molecule has 1 aromatic heterocycles. The maximum Gasteiger partial charge on any atom is 0.179 e. The molecule has 0 saturated heterocycles. The largest absolute Gasteiger partial charge is 0.380 e. The van der Waals surface area contributed by atoms with Crippen molar-refractivity contribution in [3.63, 3.8) is 0 Å². The fraction of sp³-hybridized carbons (Fsp3) is 0. The van der Waals surface area contributed by atoms with Crippen molar-refractivity contribution >= 4 is 17.2 Å². The smallest absolute Gasteiger partial charge is 0.179 e. The van der Waals surface area contributed by atoms with Gasteiger partial charge in [0.1, 0.15) is 0 Å². The molecule has 0 aromatic carbocycles. The number of nitrogens with two attached hydrogens (primary N) is 2. The average Bonchev–Trinajstić information content (AvgIpc) is 2.37. The molecule has 48 valence electrons. The van der Waals surface area contributed by atoms with Crippen LogP contribution in [-0.4, -0.2) is 10.8 Å². The number of amidine groups is 1. The number of nitrogens with zero attached hydrogens (tertiary/aromatic N) is 2. The van der Waals surface area contributed by atoms with Crippen molar-refractivity contribution in [3.8, 4) is 0 Å². The van der Waals surface area contributed by atoms with Crippen molar-refractivity contribution in [2.75, 3.05) is 0 Å². The van der Waals surface area contributed by atoms with Crippen LogP contribution < -0.4 is 11.6 Å². The normalized spacial score (nSPS) is 11.8. The molecular weight excluding hydrogens is 136 g/mol. The molecule has 0 saturated carbocycles. The summed E-state index contributed by atoms with van der Waals surface area (Å²) in [5.74, 6) is 5.18. The van der Waals surface area contributed by atoms with Crippen LogP contribution in [0.25, 0.3) is 0 Å². The molecule has 0 amide bonds. The zero-order valence-corrected chi connectivity index (χ0v) is 5.43. The summed E-state index contributed by atoms with van der Waals surface area (Å²) in [5, 5.41) is 5.75. The zero-order chi connectivity index (χ0) is 6.69. The lowest BCUT2D eigenvalue weighted by Gasteiger charge is -1.87. The Bertz CT molecular complexity index is 202. The zero-order valence-electron chi connectivity index (χ0n) is 4.61. The van der Waals surface area contributed by atoms with Crippen molar-refractivity contribution in [3.05, 3.63) is 16.6 Å². The topological polar surface area (TPSA) is 77.3 Å². The Morgan fingerprint density at radius 2 is 2.56 bits per heavy atom. The van der Waals surface area contributed by atoms with E-state index in [0.717, 1.165) is 0 Å². The van der Waals surface area contributed by atoms with Crippen LogP contribution in [0, 0.1) is 0 Å². The van der Waals surface area contributed by atoms with E-state index in [1.165, 1.54) is 11.3 Å². The fourth-order valence-electron chi connectivity index (χ4n) is 0.405. The lowest BCUT2D eigenvalue weighted by Crippen LogP contribution is -2.14. The van der Waals surface area contributed by atoms with E-state index in [4.69, 9.17) is 11.6 Å². The monoisotopic (exact) mass is 142 g/mol. The molecule has 1 rings (SSSR count). The quantitative estimate of drug-likeness (QED) is 0.245. The van der Waals surface area contributed by atoms with Crippen LogP contribution >= 0.6 is 11.3 Å². The standard InChI is InChI=1S/C4H6N4S/c5-3(8-6)4-7-1-2-9-4/h1-2H,6H2,(H2,5,8). The minimum absolute atomic E-state index is 0.282. The molecule has 4 nitrogen and oxygen atoms in total. The van der Waals surface area contributed by atoms with E-state index in [1.54, 1.807) is 6.20 Å². The fourth-order valence-corrected chi connectivity index (χ4v) is 0.951. The van der Waals surface area contributed by atoms with Gasteiger partial charge in [-0.2, -0.15) is 5.10 Å². The summed E-state index contributed by atoms with van der Waals surface area (Å²) in [7, 11) is 0. The average molecular weight is 142 g/mol. The van der Waals surface area contributed by atoms with Crippen LogP contribution in [0.2, 0.25) is 0 Å². The minimum Gasteiger partial charge on any atom is -0.380 e. The maximum atomic E-state index is 5.31. The van der Waals surface area contributed by atoms with E-state index in [9.17, 15) is 0 Å². The van der Waals surface area contributed by atoms with Crippen molar-refractivity contribution in [1.29, 1.82) is 0 Å². The summed E-state index contributed by atoms with van der Waals surface area (Å²) in [6, 6.07) is 0. The predicted molar refractivity (Wildman–Crippen MR) is 37.0 cm³/mol. The third-order valence-electron chi connectivity index (χ3n) is 0.791. The number of hydrazone groups is 1. The van der Waals surface area contributed by atoms with Crippen molar-refractivity contribution in [2.45, 2.75) is 0 Å². The highest BCUT2D eigenvalue weighted by atomic mass is 32.1. The van der Waals surface area contributed by atoms with Gasteiger partial charge in [0.05, 0.1) is 0 Å². The van der Waals surface area contributed by atoms with Crippen LogP contribution in [0.1, 0.15) is 5.01 Å². The molecule has 0 fully saturated rings. The highest BCUT2D eigenvalue weighted by Crippen LogP contribution is 2.01. The molecule has 0 aliphatic heterocycles. The van der Waals surface area contributed by atoms with E-state index in [-0.39, 0.29) is 5.84 Å². The molecule has 0 spiro atoms. The number of hydrogen-bond acceptors (Lipinski definition) is 4. The first-order valence-electron chi connectivity index (χ1n) is 2.28. The Kier molecular flexibility index (Phi) is 1.64. The lowest BCUT2D eigenvalue weighted by molar-refractivity contribution is 1.22. The van der Waals surface area contributed by atoms with E-state index in [0.29, 0.717) is 5.01 Å². The van der Waals surface area contributed by atoms with Gasteiger partial charge in [0.2, 0.25) is 0 Å². The van der Waals surface area contributed by atoms with Gasteiger partial charge in [-0.3, -0.25) is 0 Å². The predicted octanol–water partition coefficient (Wildman–Crippen LogP) is -0.278. The summed E-state index contributed by atoms with van der Waals surface area (Å²) in [5.41, 5.74) is 5.31. The number of hydrogen-bond donors (Lipinski definition) is 2. The third kappa shape index (κ3) is 1.17. The molecule has 4 N–H and O–H groups in total. The van der Waals surface area contributed by atoms with Gasteiger partial charge < -0.3 is 11.6 Å². The summed E-state index contributed by atoms with van der Waals surface area (Å²) < 4.78 is 0. The molecule has 0 aliphatic carbocycles. The Morgan fingerprint density at radius 1 is 1.78 bits per heavy atom. The van der Waals surface area contributed by atoms with Crippen molar-refractivity contribution < 1.29 is 0 Å². The van der Waals surface area contributed by atoms with E-state index >= 15 is 0 Å². The summed E-state index contributed by atoms with van der Waals surface area (Å²) >= 11 is 1.41. The van der Waals surface area contributed by atoms with Crippen LogP contribution in [0.3, 0.4) is 0 Å². The van der Waals surface area contributed by atoms with Crippen molar-refractivity contribution in [1.82, 2.24) is 4.98 Å². The molecule has 0 atom stereocenters. The first-order chi connectivity index (χ1) is 4.34. The van der Waals surface area contributed by atoms with Gasteiger partial charge >= 0.3 is 0 Å². The first-order valence-corrected chi connectivity index (χ1v) is 3.16. The molecule has 0 unspecified atom stereocenters. The van der Waals surface area contributed by atoms with Gasteiger partial charge in [0.15, 0.2) is 10.8 Å². The SMILES string of the molecule is N/N=C(\N)c1nccs1. The lowest BCUT2D eigenvalue weighted by atomic mass is 10.6. The number of rotatable bonds is 1. The van der Waals surface area contributed by atoms with Gasteiger partial charge in [-0.25, -0.2) is 4.98 Å². The van der Waals surface area contributed by atoms with Crippen LogP contribution in [0.4, 0.5) is 0 Å². The molecule has 9 heavy (non-hydrogen) atoms. The molecule has 1 aromatic rings. The maximum absolute atomic E-state index is 5.31. The van der Waals surface area contributed by atoms with Crippen LogP contribution in [0.15, 0.2) is 16.7 Å². The minimum atomic E-state index is 0.282. The van der Waals surface area contributed by atoms with Gasteiger partial charge in [0, 0.05) is 11.6 Å². The molecular formula is C4H6N4S. The number of thiazole rings is 1. The van der Waals surface area contributed by atoms with Crippen molar-refractivity contribution in [2.24, 2.45) is 16.7 Å². The van der Waals surface area contributed by atoms with Gasteiger partial charge in [-0.05, 0) is 0 Å². The van der Waals surface area contributed by atoms with Gasteiger partial charge in [0.25, 0.3) is 0 Å². The molecule has 5 heteroatoms. The molecule has 0 bridgehead atoms. The number of aromatic nitrogens is 1. The molecule has 0 aliphatic rings. The highest BCUT2D eigenvalue weighted by molar-refractivity contribution is 7.11. The summed E-state index contributed by atoms with van der Waals surface area (Å²) in [6.07, 6.45) is 1.65. The second-order valence-electron chi connectivity index (χ2n) is 1.35. The van der Waals surface area contributed by atoms with E-state index < -0.39 is 0 Å². The van der Waals surface area contributed by atoms with Crippen LogP contribution in [0.5, 0.6) is 0 Å². The first kappa shape index (κ1) is 6.03. The molecule has 1 heterocycles. The summed E-state index contributed by atoms with van der Waals surface area (Å²) in [4.78, 5) is 3.87. The van der Waals surface area contributed by atoms with Gasteiger partial charge in [-0.1, -0.05) is 0 Å².